The van der Waals surface area contributed by atoms with Gasteiger partial charge in [-0.05, 0) is 13.3 Å². The van der Waals surface area contributed by atoms with Crippen LogP contribution < -0.4 is 5.32 Å². The van der Waals surface area contributed by atoms with Crippen LogP contribution in [0.1, 0.15) is 33.1 Å². The fraction of sp³-hybridized carbons (Fsp3) is 0.727. The first-order valence-corrected chi connectivity index (χ1v) is 5.92. The van der Waals surface area contributed by atoms with Gasteiger partial charge in [-0.15, -0.1) is 11.6 Å². The molecule has 0 amide bonds. The van der Waals surface area contributed by atoms with E-state index in [2.05, 4.69) is 12.2 Å². The number of halogens is 1. The molecule has 0 radical (unpaired) electrons. The predicted octanol–water partition coefficient (Wildman–Crippen LogP) is 2.45. The van der Waals surface area contributed by atoms with E-state index in [1.165, 1.54) is 0 Å². The first-order chi connectivity index (χ1) is 7.24. The number of alkyl halides is 1. The number of hydrogen-bond donors (Lipinski definition) is 1. The fourth-order valence-electron chi connectivity index (χ4n) is 1.03. The molecular formula is C11H20ClNO2. The molecule has 0 fully saturated rings. The zero-order valence-electron chi connectivity index (χ0n) is 9.51. The minimum Gasteiger partial charge on any atom is -0.466 e. The number of rotatable bonds is 8. The van der Waals surface area contributed by atoms with Crippen LogP contribution in [0, 0.1) is 0 Å². The van der Waals surface area contributed by atoms with Crippen molar-refractivity contribution in [2.45, 2.75) is 33.1 Å². The number of unbranched alkanes of at least 4 members (excludes halogenated alkanes) is 1. The van der Waals surface area contributed by atoms with Crippen LogP contribution in [0.15, 0.2) is 11.8 Å². The number of carbonyl (C=O) groups excluding carboxylic acids is 1. The maximum atomic E-state index is 11.1. The van der Waals surface area contributed by atoms with Crippen molar-refractivity contribution in [3.8, 4) is 0 Å². The van der Waals surface area contributed by atoms with Crippen molar-refractivity contribution >= 4 is 17.6 Å². The second-order valence-corrected chi connectivity index (χ2v) is 3.42. The highest BCUT2D eigenvalue weighted by Gasteiger charge is 2.00. The summed E-state index contributed by atoms with van der Waals surface area (Å²) >= 11 is 5.72. The Morgan fingerprint density at radius 2 is 2.20 bits per heavy atom. The van der Waals surface area contributed by atoms with Crippen LogP contribution in [-0.4, -0.2) is 25.0 Å². The predicted molar refractivity (Wildman–Crippen MR) is 63.0 cm³/mol. The van der Waals surface area contributed by atoms with E-state index >= 15 is 0 Å². The van der Waals surface area contributed by atoms with Crippen LogP contribution in [0.2, 0.25) is 0 Å². The lowest BCUT2D eigenvalue weighted by molar-refractivity contribution is -0.142. The summed E-state index contributed by atoms with van der Waals surface area (Å²) in [7, 11) is 0. The molecule has 0 aliphatic rings. The van der Waals surface area contributed by atoms with Gasteiger partial charge in [-0.25, -0.2) is 0 Å². The highest BCUT2D eigenvalue weighted by molar-refractivity contribution is 6.19. The molecule has 0 heterocycles. The molecule has 0 aliphatic heterocycles. The van der Waals surface area contributed by atoms with Gasteiger partial charge in [0.05, 0.1) is 18.9 Å². The normalized spacial score (nSPS) is 11.3. The molecule has 4 heteroatoms. The van der Waals surface area contributed by atoms with Crippen molar-refractivity contribution in [3.05, 3.63) is 11.8 Å². The summed E-state index contributed by atoms with van der Waals surface area (Å²) < 4.78 is 4.81. The number of carbonyl (C=O) groups is 1. The SMILES string of the molecule is CCCCN/C(=C\CC(=O)OCC)CCl. The molecule has 0 rings (SSSR count). The molecule has 0 saturated heterocycles. The Balaban J connectivity index is 3.82. The van der Waals surface area contributed by atoms with E-state index in [0.717, 1.165) is 25.1 Å². The van der Waals surface area contributed by atoms with Gasteiger partial charge in [0.15, 0.2) is 0 Å². The Labute approximate surface area is 96.8 Å². The highest BCUT2D eigenvalue weighted by Crippen LogP contribution is 1.98. The molecule has 88 valence electrons. The van der Waals surface area contributed by atoms with Gasteiger partial charge in [0, 0.05) is 12.2 Å². The van der Waals surface area contributed by atoms with Gasteiger partial charge >= 0.3 is 5.97 Å². The van der Waals surface area contributed by atoms with Gasteiger partial charge in [0.2, 0.25) is 0 Å². The van der Waals surface area contributed by atoms with E-state index in [4.69, 9.17) is 16.3 Å². The summed E-state index contributed by atoms with van der Waals surface area (Å²) in [6.07, 6.45) is 4.32. The standard InChI is InChI=1S/C11H20ClNO2/c1-3-5-8-13-10(9-12)6-7-11(14)15-4-2/h6,13H,3-5,7-9H2,1-2H3/b10-6-. The third-order valence-corrected chi connectivity index (χ3v) is 2.13. The summed E-state index contributed by atoms with van der Waals surface area (Å²) in [5.41, 5.74) is 0.901. The van der Waals surface area contributed by atoms with E-state index in [9.17, 15) is 4.79 Å². The number of esters is 1. The molecule has 0 saturated carbocycles. The van der Waals surface area contributed by atoms with Crippen molar-refractivity contribution in [3.63, 3.8) is 0 Å². The first kappa shape index (κ1) is 14.3. The Bertz CT molecular complexity index is 205. The lowest BCUT2D eigenvalue weighted by Gasteiger charge is -2.07. The summed E-state index contributed by atoms with van der Waals surface area (Å²) in [5.74, 6) is 0.195. The van der Waals surface area contributed by atoms with Gasteiger partial charge < -0.3 is 10.1 Å². The number of hydrogen-bond acceptors (Lipinski definition) is 3. The Morgan fingerprint density at radius 3 is 2.73 bits per heavy atom. The minimum absolute atomic E-state index is 0.211. The molecule has 0 aromatic rings. The summed E-state index contributed by atoms with van der Waals surface area (Å²) in [5, 5.41) is 3.19. The van der Waals surface area contributed by atoms with Gasteiger partial charge in [-0.2, -0.15) is 0 Å². The number of ether oxygens (including phenoxy) is 1. The lowest BCUT2D eigenvalue weighted by atomic mass is 10.3. The molecule has 3 nitrogen and oxygen atoms in total. The van der Waals surface area contributed by atoms with Crippen molar-refractivity contribution in [2.24, 2.45) is 0 Å². The number of allylic oxidation sites excluding steroid dienone is 1. The molecule has 0 aliphatic carbocycles. The largest absolute Gasteiger partial charge is 0.466 e. The summed E-state index contributed by atoms with van der Waals surface area (Å²) in [6, 6.07) is 0. The van der Waals surface area contributed by atoms with Crippen LogP contribution >= 0.6 is 11.6 Å². The van der Waals surface area contributed by atoms with E-state index in [1.54, 1.807) is 13.0 Å². The van der Waals surface area contributed by atoms with Crippen LogP contribution in [0.5, 0.6) is 0 Å². The average molecular weight is 234 g/mol. The van der Waals surface area contributed by atoms with Crippen molar-refractivity contribution < 1.29 is 9.53 Å². The monoisotopic (exact) mass is 233 g/mol. The molecule has 1 N–H and O–H groups in total. The molecule has 0 spiro atoms. The van der Waals surface area contributed by atoms with E-state index in [-0.39, 0.29) is 12.4 Å². The Morgan fingerprint density at radius 1 is 1.47 bits per heavy atom. The molecular weight excluding hydrogens is 214 g/mol. The molecule has 0 aromatic carbocycles. The molecule has 15 heavy (non-hydrogen) atoms. The van der Waals surface area contributed by atoms with Crippen molar-refractivity contribution in [2.75, 3.05) is 19.0 Å². The van der Waals surface area contributed by atoms with Gasteiger partial charge in [-0.1, -0.05) is 19.4 Å². The maximum Gasteiger partial charge on any atom is 0.309 e. The molecule has 0 atom stereocenters. The topological polar surface area (TPSA) is 38.3 Å². The maximum absolute atomic E-state index is 11.1. The van der Waals surface area contributed by atoms with E-state index in [0.29, 0.717) is 12.5 Å². The summed E-state index contributed by atoms with van der Waals surface area (Å²) in [6.45, 7) is 5.25. The van der Waals surface area contributed by atoms with Gasteiger partial charge in [-0.3, -0.25) is 4.79 Å². The second kappa shape index (κ2) is 9.84. The minimum atomic E-state index is -0.211. The van der Waals surface area contributed by atoms with E-state index < -0.39 is 0 Å². The molecule has 0 unspecified atom stereocenters. The van der Waals surface area contributed by atoms with Crippen LogP contribution in [0.4, 0.5) is 0 Å². The van der Waals surface area contributed by atoms with Crippen LogP contribution in [0.25, 0.3) is 0 Å². The Kier molecular flexibility index (Phi) is 9.38. The highest BCUT2D eigenvalue weighted by atomic mass is 35.5. The lowest BCUT2D eigenvalue weighted by Crippen LogP contribution is -2.16. The van der Waals surface area contributed by atoms with Crippen molar-refractivity contribution in [1.82, 2.24) is 5.32 Å². The first-order valence-electron chi connectivity index (χ1n) is 5.39. The third-order valence-electron chi connectivity index (χ3n) is 1.85. The average Bonchev–Trinajstić information content (AvgIpc) is 2.23. The van der Waals surface area contributed by atoms with E-state index in [1.807, 2.05) is 0 Å². The Hall–Kier alpha value is -0.700. The summed E-state index contributed by atoms with van der Waals surface area (Å²) in [4.78, 5) is 11.1. The number of nitrogens with one attached hydrogen (secondary N) is 1. The molecule has 0 aromatic heterocycles. The van der Waals surface area contributed by atoms with Crippen LogP contribution in [0.3, 0.4) is 0 Å². The quantitative estimate of drug-likeness (QED) is 0.398. The van der Waals surface area contributed by atoms with Gasteiger partial charge in [0.1, 0.15) is 0 Å². The zero-order valence-corrected chi connectivity index (χ0v) is 10.3. The smallest absolute Gasteiger partial charge is 0.309 e. The fourth-order valence-corrected chi connectivity index (χ4v) is 1.23. The van der Waals surface area contributed by atoms with Crippen LogP contribution in [-0.2, 0) is 9.53 Å². The second-order valence-electron chi connectivity index (χ2n) is 3.15. The molecule has 0 bridgehead atoms. The van der Waals surface area contributed by atoms with Gasteiger partial charge in [0.25, 0.3) is 0 Å². The third kappa shape index (κ3) is 8.30. The van der Waals surface area contributed by atoms with Crippen molar-refractivity contribution in [1.29, 1.82) is 0 Å². The zero-order chi connectivity index (χ0) is 11.5.